The minimum atomic E-state index is -0.893. The third-order valence-corrected chi connectivity index (χ3v) is 4.69. The average molecular weight is 390 g/mol. The van der Waals surface area contributed by atoms with E-state index in [9.17, 15) is 9.59 Å². The molecule has 1 aromatic carbocycles. The van der Waals surface area contributed by atoms with Gasteiger partial charge in [0.15, 0.2) is 0 Å². The number of carboxylic acid groups (broad SMARTS) is 2. The van der Waals surface area contributed by atoms with Crippen LogP contribution >= 0.6 is 0 Å². The van der Waals surface area contributed by atoms with E-state index in [1.54, 1.807) is 12.1 Å². The second kappa shape index (κ2) is 15.7. The summed E-state index contributed by atoms with van der Waals surface area (Å²) in [5, 5.41) is 20.8. The van der Waals surface area contributed by atoms with Crippen molar-refractivity contribution in [3.8, 4) is 0 Å². The van der Waals surface area contributed by atoms with Gasteiger partial charge in [-0.1, -0.05) is 44.3 Å². The predicted molar refractivity (Wildman–Crippen MR) is 114 cm³/mol. The van der Waals surface area contributed by atoms with Gasteiger partial charge < -0.3 is 15.5 Å². The van der Waals surface area contributed by atoms with Crippen molar-refractivity contribution in [1.29, 1.82) is 0 Å². The molecule has 1 aromatic rings. The molecule has 0 saturated carbocycles. The molecule has 0 aliphatic carbocycles. The van der Waals surface area contributed by atoms with Crippen LogP contribution in [-0.2, 0) is 4.79 Å². The first-order valence-electron chi connectivity index (χ1n) is 10.5. The quantitative estimate of drug-likeness (QED) is 0.221. The van der Waals surface area contributed by atoms with E-state index < -0.39 is 11.9 Å². The number of anilines is 1. The summed E-state index contributed by atoms with van der Waals surface area (Å²) in [7, 11) is 0. The van der Waals surface area contributed by atoms with Crippen molar-refractivity contribution in [2.45, 2.75) is 77.0 Å². The lowest BCUT2D eigenvalue weighted by atomic mass is 10.1. The van der Waals surface area contributed by atoms with Crippen molar-refractivity contribution in [1.82, 2.24) is 0 Å². The topological polar surface area (TPSA) is 86.6 Å². The summed E-state index contributed by atoms with van der Waals surface area (Å²) in [4.78, 5) is 21.2. The largest absolute Gasteiger partial charge is 0.481 e. The maximum atomic E-state index is 10.8. The van der Waals surface area contributed by atoms with E-state index in [0.717, 1.165) is 50.8 Å². The number of hydrogen-bond donors (Lipinski definition) is 3. The van der Waals surface area contributed by atoms with Crippen molar-refractivity contribution >= 4 is 17.6 Å². The highest BCUT2D eigenvalue weighted by atomic mass is 16.4. The van der Waals surface area contributed by atoms with Crippen LogP contribution in [0.4, 0.5) is 5.69 Å². The summed E-state index contributed by atoms with van der Waals surface area (Å²) in [6.45, 7) is 0.918. The highest BCUT2D eigenvalue weighted by Gasteiger charge is 2.01. The molecule has 0 aliphatic rings. The summed E-state index contributed by atoms with van der Waals surface area (Å²) < 4.78 is 0. The van der Waals surface area contributed by atoms with Gasteiger partial charge in [0.2, 0.25) is 0 Å². The zero-order valence-electron chi connectivity index (χ0n) is 16.9. The number of allylic oxidation sites excluding steroid dienone is 2. The number of benzene rings is 1. The average Bonchev–Trinajstić information content (AvgIpc) is 2.67. The third kappa shape index (κ3) is 13.0. The fourth-order valence-corrected chi connectivity index (χ4v) is 3.01. The maximum Gasteiger partial charge on any atom is 0.335 e. The molecule has 0 saturated heterocycles. The molecule has 156 valence electrons. The van der Waals surface area contributed by atoms with Crippen molar-refractivity contribution in [2.24, 2.45) is 0 Å². The fraction of sp³-hybridized carbons (Fsp3) is 0.565. The molecule has 5 heteroatoms. The van der Waals surface area contributed by atoms with E-state index in [0.29, 0.717) is 12.0 Å². The third-order valence-electron chi connectivity index (χ3n) is 4.69. The molecule has 0 unspecified atom stereocenters. The molecule has 1 rings (SSSR count). The Morgan fingerprint density at radius 3 is 1.86 bits per heavy atom. The van der Waals surface area contributed by atoms with Crippen LogP contribution < -0.4 is 5.32 Å². The van der Waals surface area contributed by atoms with Crippen LogP contribution in [0.5, 0.6) is 0 Å². The van der Waals surface area contributed by atoms with Gasteiger partial charge in [0.1, 0.15) is 0 Å². The molecule has 0 aromatic heterocycles. The molecular weight excluding hydrogens is 354 g/mol. The zero-order valence-corrected chi connectivity index (χ0v) is 16.9. The summed E-state index contributed by atoms with van der Waals surface area (Å²) >= 11 is 0. The fourth-order valence-electron chi connectivity index (χ4n) is 3.01. The normalized spacial score (nSPS) is 11.0. The van der Waals surface area contributed by atoms with E-state index in [1.165, 1.54) is 32.1 Å². The number of carboxylic acids is 2. The predicted octanol–water partition coefficient (Wildman–Crippen LogP) is 6.12. The van der Waals surface area contributed by atoms with Crippen LogP contribution in [0.15, 0.2) is 36.4 Å². The molecule has 0 heterocycles. The number of unbranched alkanes of at least 4 members (excludes halogenated alkanes) is 9. The van der Waals surface area contributed by atoms with Gasteiger partial charge >= 0.3 is 11.9 Å². The molecule has 0 fully saturated rings. The SMILES string of the molecule is O=C(O)CCCCC/C=C/CCCCCCCCNc1ccc(C(=O)O)cc1. The Morgan fingerprint density at radius 1 is 0.750 bits per heavy atom. The van der Waals surface area contributed by atoms with Gasteiger partial charge in [-0.3, -0.25) is 4.79 Å². The lowest BCUT2D eigenvalue weighted by Crippen LogP contribution is -2.02. The monoisotopic (exact) mass is 389 g/mol. The summed E-state index contributed by atoms with van der Waals surface area (Å²) in [5.41, 5.74) is 1.29. The second-order valence-corrected chi connectivity index (χ2v) is 7.18. The number of nitrogens with one attached hydrogen (secondary N) is 1. The smallest absolute Gasteiger partial charge is 0.335 e. The highest BCUT2D eigenvalue weighted by molar-refractivity contribution is 5.87. The standard InChI is InChI=1S/C23H35NO4/c25-22(26)14-12-10-8-6-4-2-1-3-5-7-9-11-13-19-24-21-17-15-20(16-18-21)23(27)28/h2,4,15-18,24H,1,3,5-14,19H2,(H,25,26)(H,27,28)/b4-2+. The number of aliphatic carboxylic acids is 1. The first-order chi connectivity index (χ1) is 13.6. The van der Waals surface area contributed by atoms with Crippen LogP contribution in [0.3, 0.4) is 0 Å². The van der Waals surface area contributed by atoms with Gasteiger partial charge in [0, 0.05) is 18.7 Å². The van der Waals surface area contributed by atoms with Crippen molar-refractivity contribution in [3.05, 3.63) is 42.0 Å². The molecular formula is C23H35NO4. The molecule has 0 spiro atoms. The molecule has 0 radical (unpaired) electrons. The Kier molecular flexibility index (Phi) is 13.3. The van der Waals surface area contributed by atoms with Gasteiger partial charge in [-0.05, 0) is 62.8 Å². The van der Waals surface area contributed by atoms with E-state index in [-0.39, 0.29) is 0 Å². The Hall–Kier alpha value is -2.30. The molecule has 0 bridgehead atoms. The Bertz CT molecular complexity index is 581. The first kappa shape index (κ1) is 23.7. The number of carbonyl (C=O) groups is 2. The second-order valence-electron chi connectivity index (χ2n) is 7.18. The Morgan fingerprint density at radius 2 is 1.29 bits per heavy atom. The highest BCUT2D eigenvalue weighted by Crippen LogP contribution is 2.11. The molecule has 28 heavy (non-hydrogen) atoms. The van der Waals surface area contributed by atoms with E-state index >= 15 is 0 Å². The van der Waals surface area contributed by atoms with Gasteiger partial charge in [0.25, 0.3) is 0 Å². The number of rotatable bonds is 17. The summed E-state index contributed by atoms with van der Waals surface area (Å²) in [5.74, 6) is -1.59. The molecule has 5 nitrogen and oxygen atoms in total. The van der Waals surface area contributed by atoms with Crippen LogP contribution in [-0.4, -0.2) is 28.7 Å². The van der Waals surface area contributed by atoms with Crippen LogP contribution in [0.1, 0.15) is 87.4 Å². The molecule has 0 aliphatic heterocycles. The van der Waals surface area contributed by atoms with Crippen molar-refractivity contribution in [3.63, 3.8) is 0 Å². The Labute approximate surface area is 168 Å². The van der Waals surface area contributed by atoms with Crippen LogP contribution in [0.2, 0.25) is 0 Å². The van der Waals surface area contributed by atoms with Gasteiger partial charge in [-0.25, -0.2) is 4.79 Å². The van der Waals surface area contributed by atoms with Crippen LogP contribution in [0.25, 0.3) is 0 Å². The van der Waals surface area contributed by atoms with E-state index in [4.69, 9.17) is 10.2 Å². The van der Waals surface area contributed by atoms with Gasteiger partial charge in [-0.15, -0.1) is 0 Å². The zero-order chi connectivity index (χ0) is 20.5. The first-order valence-corrected chi connectivity index (χ1v) is 10.5. The Balaban J connectivity index is 1.85. The summed E-state index contributed by atoms with van der Waals surface area (Å²) in [6, 6.07) is 6.87. The minimum absolute atomic E-state index is 0.291. The van der Waals surface area contributed by atoms with Gasteiger partial charge in [0.05, 0.1) is 5.56 Å². The van der Waals surface area contributed by atoms with E-state index in [2.05, 4.69) is 17.5 Å². The lowest BCUT2D eigenvalue weighted by Gasteiger charge is -2.06. The molecule has 0 atom stereocenters. The summed E-state index contributed by atoms with van der Waals surface area (Å²) in [6.07, 6.45) is 17.2. The molecule has 0 amide bonds. The minimum Gasteiger partial charge on any atom is -0.481 e. The molecule has 3 N–H and O–H groups in total. The lowest BCUT2D eigenvalue weighted by molar-refractivity contribution is -0.137. The van der Waals surface area contributed by atoms with Crippen molar-refractivity contribution in [2.75, 3.05) is 11.9 Å². The number of hydrogen-bond acceptors (Lipinski definition) is 3. The van der Waals surface area contributed by atoms with E-state index in [1.807, 2.05) is 12.1 Å². The van der Waals surface area contributed by atoms with Crippen LogP contribution in [0, 0.1) is 0 Å². The van der Waals surface area contributed by atoms with Gasteiger partial charge in [-0.2, -0.15) is 0 Å². The van der Waals surface area contributed by atoms with Crippen molar-refractivity contribution < 1.29 is 19.8 Å². The maximum absolute atomic E-state index is 10.8. The number of aromatic carboxylic acids is 1.